The minimum Gasteiger partial charge on any atom is -0.476 e. The summed E-state index contributed by atoms with van der Waals surface area (Å²) in [7, 11) is 0. The normalized spacial score (nSPS) is 10.6. The van der Waals surface area contributed by atoms with Gasteiger partial charge in [-0.15, -0.1) is 0 Å². The van der Waals surface area contributed by atoms with Gasteiger partial charge in [-0.1, -0.05) is 13.8 Å². The van der Waals surface area contributed by atoms with Crippen LogP contribution in [-0.2, 0) is 0 Å². The number of carbonyl (C=O) groups is 1. The summed E-state index contributed by atoms with van der Waals surface area (Å²) in [5.41, 5.74) is -0.583. The van der Waals surface area contributed by atoms with Gasteiger partial charge < -0.3 is 9.63 Å². The van der Waals surface area contributed by atoms with Crippen molar-refractivity contribution in [3.8, 4) is 0 Å². The Labute approximate surface area is 68.0 Å². The second kappa shape index (κ2) is 2.84. The summed E-state index contributed by atoms with van der Waals surface area (Å²) in [4.78, 5) is 21.4. The fourth-order valence-electron chi connectivity index (χ4n) is 0.993. The van der Waals surface area contributed by atoms with E-state index < -0.39 is 11.6 Å². The summed E-state index contributed by atoms with van der Waals surface area (Å²) in [5.74, 6) is -1.33. The number of aromatic nitrogens is 1. The van der Waals surface area contributed by atoms with Crippen molar-refractivity contribution < 1.29 is 14.4 Å². The Morgan fingerprint density at radius 1 is 1.58 bits per heavy atom. The van der Waals surface area contributed by atoms with Crippen LogP contribution in [0.5, 0.6) is 0 Å². The van der Waals surface area contributed by atoms with Gasteiger partial charge in [0.25, 0.3) is 0 Å². The maximum absolute atomic E-state index is 10.9. The third-order valence-electron chi connectivity index (χ3n) is 1.53. The maximum Gasteiger partial charge on any atom is 0.361 e. The number of rotatable bonds is 2. The van der Waals surface area contributed by atoms with Gasteiger partial charge in [-0.3, -0.25) is 0 Å². The van der Waals surface area contributed by atoms with Crippen molar-refractivity contribution in [2.45, 2.75) is 19.8 Å². The monoisotopic (exact) mass is 171 g/mol. The van der Waals surface area contributed by atoms with Crippen molar-refractivity contribution in [1.29, 1.82) is 0 Å². The average molecular weight is 171 g/mol. The van der Waals surface area contributed by atoms with Crippen LogP contribution in [-0.4, -0.2) is 16.2 Å². The van der Waals surface area contributed by atoms with Crippen molar-refractivity contribution in [3.63, 3.8) is 0 Å². The lowest BCUT2D eigenvalue weighted by Gasteiger charge is -1.98. The molecule has 0 aliphatic carbocycles. The van der Waals surface area contributed by atoms with Crippen LogP contribution in [0.15, 0.2) is 9.32 Å². The van der Waals surface area contributed by atoms with Crippen molar-refractivity contribution in [2.24, 2.45) is 0 Å². The summed E-state index contributed by atoms with van der Waals surface area (Å²) >= 11 is 0. The Morgan fingerprint density at radius 2 is 2.17 bits per heavy atom. The number of H-pyrrole nitrogens is 1. The van der Waals surface area contributed by atoms with E-state index in [1.807, 2.05) is 0 Å². The maximum atomic E-state index is 10.9. The largest absolute Gasteiger partial charge is 0.476 e. The van der Waals surface area contributed by atoms with E-state index in [0.717, 1.165) is 0 Å². The summed E-state index contributed by atoms with van der Waals surface area (Å²) in [6, 6.07) is 0. The smallest absolute Gasteiger partial charge is 0.361 e. The van der Waals surface area contributed by atoms with Gasteiger partial charge in [-0.2, -0.15) is 0 Å². The Morgan fingerprint density at radius 3 is 2.50 bits per heavy atom. The molecule has 1 aromatic heterocycles. The van der Waals surface area contributed by atoms with E-state index in [4.69, 9.17) is 5.11 Å². The molecule has 0 amide bonds. The highest BCUT2D eigenvalue weighted by molar-refractivity contribution is 5.86. The van der Waals surface area contributed by atoms with Crippen molar-refractivity contribution >= 4 is 5.97 Å². The van der Waals surface area contributed by atoms with Gasteiger partial charge in [0.15, 0.2) is 5.69 Å². The first kappa shape index (κ1) is 8.58. The van der Waals surface area contributed by atoms with Crippen LogP contribution in [0.4, 0.5) is 0 Å². The fourth-order valence-corrected chi connectivity index (χ4v) is 0.993. The van der Waals surface area contributed by atoms with Crippen LogP contribution in [0.3, 0.4) is 0 Å². The van der Waals surface area contributed by atoms with Gasteiger partial charge in [0.05, 0.1) is 5.56 Å². The lowest BCUT2D eigenvalue weighted by molar-refractivity contribution is 0.0684. The van der Waals surface area contributed by atoms with Crippen LogP contribution in [0.25, 0.3) is 0 Å². The number of hydrogen-bond acceptors (Lipinski definition) is 3. The molecule has 0 saturated heterocycles. The molecule has 0 atom stereocenters. The van der Waals surface area contributed by atoms with Crippen LogP contribution in [0.1, 0.15) is 35.8 Å². The minimum atomic E-state index is -1.18. The van der Waals surface area contributed by atoms with Gasteiger partial charge in [-0.05, 0) is 5.92 Å². The first-order chi connectivity index (χ1) is 5.54. The van der Waals surface area contributed by atoms with Crippen molar-refractivity contribution in [1.82, 2.24) is 5.16 Å². The highest BCUT2D eigenvalue weighted by atomic mass is 16.5. The summed E-state index contributed by atoms with van der Waals surface area (Å²) in [6.07, 6.45) is 0. The molecular formula is C7H9NO4. The van der Waals surface area contributed by atoms with Crippen LogP contribution in [0, 0.1) is 0 Å². The molecule has 0 spiro atoms. The van der Waals surface area contributed by atoms with Gasteiger partial charge in [0, 0.05) is 0 Å². The number of aromatic carboxylic acids is 1. The summed E-state index contributed by atoms with van der Waals surface area (Å²) in [5, 5.41) is 10.7. The number of hydrogen-bond donors (Lipinski definition) is 2. The molecule has 5 nitrogen and oxygen atoms in total. The van der Waals surface area contributed by atoms with E-state index in [0.29, 0.717) is 0 Å². The number of aromatic amines is 1. The molecule has 2 N–H and O–H groups in total. The van der Waals surface area contributed by atoms with Crippen LogP contribution < -0.4 is 5.63 Å². The topological polar surface area (TPSA) is 83.3 Å². The molecule has 0 saturated carbocycles. The second-order valence-corrected chi connectivity index (χ2v) is 2.74. The molecule has 0 bridgehead atoms. The molecule has 0 radical (unpaired) electrons. The van der Waals surface area contributed by atoms with Gasteiger partial charge in [0.1, 0.15) is 0 Å². The van der Waals surface area contributed by atoms with E-state index in [1.165, 1.54) is 0 Å². The zero-order valence-corrected chi connectivity index (χ0v) is 6.75. The highest BCUT2D eigenvalue weighted by Gasteiger charge is 2.20. The Bertz CT molecular complexity index is 347. The molecule has 12 heavy (non-hydrogen) atoms. The van der Waals surface area contributed by atoms with E-state index in [9.17, 15) is 9.59 Å². The molecule has 66 valence electrons. The summed E-state index contributed by atoms with van der Waals surface area (Å²) in [6.45, 7) is 3.46. The zero-order valence-electron chi connectivity index (χ0n) is 6.75. The SMILES string of the molecule is CC(C)c1c(C(=O)O)[nH]oc1=O. The van der Waals surface area contributed by atoms with Crippen LogP contribution >= 0.6 is 0 Å². The second-order valence-electron chi connectivity index (χ2n) is 2.74. The van der Waals surface area contributed by atoms with Crippen LogP contribution in [0.2, 0.25) is 0 Å². The third-order valence-corrected chi connectivity index (χ3v) is 1.53. The Balaban J connectivity index is 3.31. The predicted octanol–water partition coefficient (Wildman–Crippen LogP) is 0.789. The van der Waals surface area contributed by atoms with Crippen molar-refractivity contribution in [2.75, 3.05) is 0 Å². The summed E-state index contributed by atoms with van der Waals surface area (Å²) < 4.78 is 4.36. The zero-order chi connectivity index (χ0) is 9.30. The highest BCUT2D eigenvalue weighted by Crippen LogP contribution is 2.13. The van der Waals surface area contributed by atoms with Gasteiger partial charge in [0.2, 0.25) is 0 Å². The standard InChI is InChI=1S/C7H9NO4/c1-3(2)4-5(6(9)10)8-12-7(4)11/h3,8H,1-2H3,(H,9,10). The Kier molecular flexibility index (Phi) is 2.03. The number of carboxylic acids is 1. The van der Waals surface area contributed by atoms with Gasteiger partial charge >= 0.3 is 11.6 Å². The van der Waals surface area contributed by atoms with E-state index >= 15 is 0 Å². The fraction of sp³-hybridized carbons (Fsp3) is 0.429. The molecule has 0 aliphatic rings. The third kappa shape index (κ3) is 1.25. The molecule has 0 unspecified atom stereocenters. The minimum absolute atomic E-state index is 0.154. The van der Waals surface area contributed by atoms with E-state index in [1.54, 1.807) is 13.8 Å². The molecule has 0 fully saturated rings. The molecule has 5 heteroatoms. The van der Waals surface area contributed by atoms with Crippen molar-refractivity contribution in [3.05, 3.63) is 21.7 Å². The predicted molar refractivity (Wildman–Crippen MR) is 40.4 cm³/mol. The van der Waals surface area contributed by atoms with Gasteiger partial charge in [-0.25, -0.2) is 14.7 Å². The first-order valence-corrected chi connectivity index (χ1v) is 3.48. The molecule has 1 rings (SSSR count). The lowest BCUT2D eigenvalue weighted by Crippen LogP contribution is -2.09. The number of carboxylic acid groups (broad SMARTS) is 1. The van der Waals surface area contributed by atoms with E-state index in [-0.39, 0.29) is 17.2 Å². The molecule has 0 aliphatic heterocycles. The molecular weight excluding hydrogens is 162 g/mol. The van der Waals surface area contributed by atoms with E-state index in [2.05, 4.69) is 9.68 Å². The molecule has 1 heterocycles. The molecule has 1 aromatic rings. The lowest BCUT2D eigenvalue weighted by atomic mass is 10.0. The number of nitrogens with one attached hydrogen (secondary N) is 1. The molecule has 0 aromatic carbocycles. The average Bonchev–Trinajstić information content (AvgIpc) is 2.30. The Hall–Kier alpha value is -1.52. The quantitative estimate of drug-likeness (QED) is 0.689. The first-order valence-electron chi connectivity index (χ1n) is 3.48.